The van der Waals surface area contributed by atoms with Gasteiger partial charge in [0, 0.05) is 6.54 Å². The molecule has 0 saturated carbocycles. The van der Waals surface area contributed by atoms with E-state index in [1.165, 1.54) is 0 Å². The third-order valence-electron chi connectivity index (χ3n) is 2.68. The number of benzene rings is 1. The van der Waals surface area contributed by atoms with Gasteiger partial charge in [-0.05, 0) is 37.1 Å². The lowest BCUT2D eigenvalue weighted by molar-refractivity contribution is -0.117. The zero-order valence-corrected chi connectivity index (χ0v) is 12.0. The van der Waals surface area contributed by atoms with Crippen molar-refractivity contribution >= 4 is 12.0 Å². The van der Waals surface area contributed by atoms with E-state index in [1.807, 2.05) is 44.2 Å². The molecule has 0 radical (unpaired) electrons. The Bertz CT molecular complexity index is 498. The molecule has 0 aliphatic rings. The Morgan fingerprint density at radius 3 is 2.60 bits per heavy atom. The SMILES string of the molecule is CCCCNC(=O)/C(C#N)=C\c1ccc(OCC)cc1. The lowest BCUT2D eigenvalue weighted by atomic mass is 10.1. The van der Waals surface area contributed by atoms with Crippen LogP contribution >= 0.6 is 0 Å². The summed E-state index contributed by atoms with van der Waals surface area (Å²) in [5, 5.41) is 11.8. The van der Waals surface area contributed by atoms with Crippen LogP contribution in [0, 0.1) is 11.3 Å². The molecule has 106 valence electrons. The summed E-state index contributed by atoms with van der Waals surface area (Å²) in [6.07, 6.45) is 3.50. The lowest BCUT2D eigenvalue weighted by Gasteiger charge is -2.04. The fourth-order valence-electron chi connectivity index (χ4n) is 1.62. The fraction of sp³-hybridized carbons (Fsp3) is 0.375. The van der Waals surface area contributed by atoms with Gasteiger partial charge in [-0.15, -0.1) is 0 Å². The highest BCUT2D eigenvalue weighted by Gasteiger charge is 2.07. The van der Waals surface area contributed by atoms with Gasteiger partial charge < -0.3 is 10.1 Å². The minimum Gasteiger partial charge on any atom is -0.494 e. The molecular formula is C16H20N2O2. The number of amides is 1. The minimum atomic E-state index is -0.324. The predicted octanol–water partition coefficient (Wildman–Crippen LogP) is 2.91. The van der Waals surface area contributed by atoms with Crippen molar-refractivity contribution in [3.05, 3.63) is 35.4 Å². The van der Waals surface area contributed by atoms with E-state index in [1.54, 1.807) is 6.08 Å². The van der Waals surface area contributed by atoms with E-state index < -0.39 is 0 Å². The zero-order chi connectivity index (χ0) is 14.8. The largest absolute Gasteiger partial charge is 0.494 e. The molecule has 4 nitrogen and oxygen atoms in total. The molecule has 0 saturated heterocycles. The molecule has 0 atom stereocenters. The second kappa shape index (κ2) is 8.76. The van der Waals surface area contributed by atoms with Crippen molar-refractivity contribution in [2.24, 2.45) is 0 Å². The normalized spacial score (nSPS) is 10.8. The summed E-state index contributed by atoms with van der Waals surface area (Å²) in [6, 6.07) is 9.21. The number of unbranched alkanes of at least 4 members (excludes halogenated alkanes) is 1. The average Bonchev–Trinajstić information content (AvgIpc) is 2.47. The monoisotopic (exact) mass is 272 g/mol. The number of hydrogen-bond donors (Lipinski definition) is 1. The van der Waals surface area contributed by atoms with Crippen LogP contribution in [0.5, 0.6) is 5.75 Å². The van der Waals surface area contributed by atoms with Gasteiger partial charge >= 0.3 is 0 Å². The quantitative estimate of drug-likeness (QED) is 0.471. The number of nitrogens with one attached hydrogen (secondary N) is 1. The minimum absolute atomic E-state index is 0.116. The van der Waals surface area contributed by atoms with Gasteiger partial charge in [0.15, 0.2) is 0 Å². The first-order chi connectivity index (χ1) is 9.71. The van der Waals surface area contributed by atoms with Gasteiger partial charge in [0.25, 0.3) is 5.91 Å². The van der Waals surface area contributed by atoms with Gasteiger partial charge in [-0.25, -0.2) is 0 Å². The first-order valence-corrected chi connectivity index (χ1v) is 6.84. The van der Waals surface area contributed by atoms with Crippen LogP contribution in [0.4, 0.5) is 0 Å². The van der Waals surface area contributed by atoms with E-state index in [9.17, 15) is 4.79 Å². The topological polar surface area (TPSA) is 62.1 Å². The van der Waals surface area contributed by atoms with Gasteiger partial charge in [-0.2, -0.15) is 5.26 Å². The van der Waals surface area contributed by atoms with Gasteiger partial charge in [-0.1, -0.05) is 25.5 Å². The molecule has 1 rings (SSSR count). The Morgan fingerprint density at radius 2 is 2.05 bits per heavy atom. The van der Waals surface area contributed by atoms with Crippen LogP contribution in [0.1, 0.15) is 32.3 Å². The molecule has 0 bridgehead atoms. The standard InChI is InChI=1S/C16H20N2O2/c1-3-5-10-18-16(19)14(12-17)11-13-6-8-15(9-7-13)20-4-2/h6-9,11H,3-5,10H2,1-2H3,(H,18,19)/b14-11-. The molecular weight excluding hydrogens is 252 g/mol. The maximum atomic E-state index is 11.8. The highest BCUT2D eigenvalue weighted by atomic mass is 16.5. The van der Waals surface area contributed by atoms with Gasteiger partial charge in [0.2, 0.25) is 0 Å². The number of nitrogens with zero attached hydrogens (tertiary/aromatic N) is 1. The third kappa shape index (κ3) is 5.15. The van der Waals surface area contributed by atoms with Crippen LogP contribution in [-0.2, 0) is 4.79 Å². The van der Waals surface area contributed by atoms with Crippen LogP contribution in [0.25, 0.3) is 6.08 Å². The van der Waals surface area contributed by atoms with E-state index in [4.69, 9.17) is 10.00 Å². The Labute approximate surface area is 120 Å². The average molecular weight is 272 g/mol. The Kier molecular flexibility index (Phi) is 6.91. The summed E-state index contributed by atoms with van der Waals surface area (Å²) in [5.41, 5.74) is 0.918. The summed E-state index contributed by atoms with van der Waals surface area (Å²) in [5.74, 6) is 0.449. The first kappa shape index (κ1) is 15.8. The lowest BCUT2D eigenvalue weighted by Crippen LogP contribution is -2.25. The number of nitriles is 1. The Hall–Kier alpha value is -2.28. The number of ether oxygens (including phenoxy) is 1. The second-order valence-electron chi connectivity index (χ2n) is 4.28. The van der Waals surface area contributed by atoms with Crippen LogP contribution in [0.3, 0.4) is 0 Å². The number of carbonyl (C=O) groups is 1. The zero-order valence-electron chi connectivity index (χ0n) is 12.0. The third-order valence-corrected chi connectivity index (χ3v) is 2.68. The van der Waals surface area contributed by atoms with Crippen molar-refractivity contribution in [2.75, 3.05) is 13.2 Å². The number of rotatable bonds is 7. The molecule has 1 aromatic rings. The van der Waals surface area contributed by atoms with Crippen LogP contribution in [-0.4, -0.2) is 19.1 Å². The van der Waals surface area contributed by atoms with E-state index in [2.05, 4.69) is 5.32 Å². The van der Waals surface area contributed by atoms with Crippen LogP contribution < -0.4 is 10.1 Å². The van der Waals surface area contributed by atoms with Gasteiger partial charge in [0.05, 0.1) is 6.61 Å². The van der Waals surface area contributed by atoms with E-state index in [0.717, 1.165) is 24.2 Å². The molecule has 1 aromatic carbocycles. The Balaban J connectivity index is 2.73. The molecule has 0 spiro atoms. The van der Waals surface area contributed by atoms with E-state index in [-0.39, 0.29) is 11.5 Å². The molecule has 0 fully saturated rings. The summed E-state index contributed by atoms with van der Waals surface area (Å²) in [6.45, 7) is 5.17. The van der Waals surface area contributed by atoms with Gasteiger partial charge in [0.1, 0.15) is 17.4 Å². The Morgan fingerprint density at radius 1 is 1.35 bits per heavy atom. The summed E-state index contributed by atoms with van der Waals surface area (Å²) in [4.78, 5) is 11.8. The fourth-order valence-corrected chi connectivity index (χ4v) is 1.62. The van der Waals surface area contributed by atoms with Crippen LogP contribution in [0.2, 0.25) is 0 Å². The summed E-state index contributed by atoms with van der Waals surface area (Å²) < 4.78 is 5.34. The highest BCUT2D eigenvalue weighted by molar-refractivity contribution is 6.01. The molecule has 0 aromatic heterocycles. The molecule has 4 heteroatoms. The van der Waals surface area contributed by atoms with Crippen molar-refractivity contribution in [1.82, 2.24) is 5.32 Å². The second-order valence-corrected chi connectivity index (χ2v) is 4.28. The van der Waals surface area contributed by atoms with Crippen molar-refractivity contribution in [2.45, 2.75) is 26.7 Å². The maximum absolute atomic E-state index is 11.8. The van der Waals surface area contributed by atoms with E-state index >= 15 is 0 Å². The molecule has 0 unspecified atom stereocenters. The molecule has 0 heterocycles. The predicted molar refractivity (Wildman–Crippen MR) is 79.1 cm³/mol. The highest BCUT2D eigenvalue weighted by Crippen LogP contribution is 2.14. The summed E-state index contributed by atoms with van der Waals surface area (Å²) in [7, 11) is 0. The van der Waals surface area contributed by atoms with Crippen molar-refractivity contribution in [1.29, 1.82) is 5.26 Å². The summed E-state index contributed by atoms with van der Waals surface area (Å²) >= 11 is 0. The van der Waals surface area contributed by atoms with E-state index in [0.29, 0.717) is 13.2 Å². The molecule has 0 aliphatic carbocycles. The smallest absolute Gasteiger partial charge is 0.261 e. The number of carbonyl (C=O) groups excluding carboxylic acids is 1. The first-order valence-electron chi connectivity index (χ1n) is 6.84. The van der Waals surface area contributed by atoms with Crippen LogP contribution in [0.15, 0.2) is 29.8 Å². The molecule has 20 heavy (non-hydrogen) atoms. The van der Waals surface area contributed by atoms with Crippen molar-refractivity contribution in [3.8, 4) is 11.8 Å². The molecule has 0 aliphatic heterocycles. The number of hydrogen-bond acceptors (Lipinski definition) is 3. The molecule has 1 N–H and O–H groups in total. The van der Waals surface area contributed by atoms with Crippen molar-refractivity contribution in [3.63, 3.8) is 0 Å². The molecule has 1 amide bonds. The van der Waals surface area contributed by atoms with Crippen molar-refractivity contribution < 1.29 is 9.53 Å². The van der Waals surface area contributed by atoms with Gasteiger partial charge in [-0.3, -0.25) is 4.79 Å². The maximum Gasteiger partial charge on any atom is 0.261 e.